The summed E-state index contributed by atoms with van der Waals surface area (Å²) in [6, 6.07) is 20.3. The number of pyridine rings is 1. The Morgan fingerprint density at radius 1 is 1.14 bits per heavy atom. The van der Waals surface area contributed by atoms with Gasteiger partial charge in [-0.15, -0.1) is 0 Å². The molecule has 4 rings (SSSR count). The molecule has 1 heterocycles. The quantitative estimate of drug-likeness (QED) is 0.358. The van der Waals surface area contributed by atoms with Crippen molar-refractivity contribution in [2.45, 2.75) is 6.92 Å². The molecule has 0 aliphatic carbocycles. The van der Waals surface area contributed by atoms with Gasteiger partial charge in [0.15, 0.2) is 0 Å². The van der Waals surface area contributed by atoms with Crippen LogP contribution in [0.3, 0.4) is 0 Å². The first kappa shape index (κ1) is 19.6. The number of nitrogens with zero attached hydrogens (tertiary/aromatic N) is 1. The van der Waals surface area contributed by atoms with E-state index in [1.165, 1.54) is 6.07 Å². The molecule has 0 saturated carbocycles. The number of halogens is 3. The van der Waals surface area contributed by atoms with Crippen LogP contribution in [-0.2, 0) is 0 Å². The fourth-order valence-electron chi connectivity index (χ4n) is 3.25. The Morgan fingerprint density at radius 2 is 1.90 bits per heavy atom. The van der Waals surface area contributed by atoms with Crippen LogP contribution >= 0.6 is 27.5 Å². The third-order valence-corrected chi connectivity index (χ3v) is 5.21. The summed E-state index contributed by atoms with van der Waals surface area (Å²) in [6.45, 7) is 1.85. The van der Waals surface area contributed by atoms with Crippen molar-refractivity contribution in [3.63, 3.8) is 0 Å². The largest absolute Gasteiger partial charge is 0.321 e. The van der Waals surface area contributed by atoms with Gasteiger partial charge in [-0.25, -0.2) is 9.37 Å². The van der Waals surface area contributed by atoms with Crippen LogP contribution in [0.15, 0.2) is 65.1 Å². The molecule has 0 atom stereocenters. The van der Waals surface area contributed by atoms with Crippen LogP contribution in [0.25, 0.3) is 22.2 Å². The maximum Gasteiger partial charge on any atom is 0.256 e. The lowest BCUT2D eigenvalue weighted by molar-refractivity contribution is 0.102. The van der Waals surface area contributed by atoms with E-state index < -0.39 is 5.82 Å². The number of aromatic nitrogens is 1. The van der Waals surface area contributed by atoms with Gasteiger partial charge in [0.25, 0.3) is 5.91 Å². The van der Waals surface area contributed by atoms with E-state index in [2.05, 4.69) is 27.3 Å². The van der Waals surface area contributed by atoms with Gasteiger partial charge in [-0.05, 0) is 42.8 Å². The van der Waals surface area contributed by atoms with Gasteiger partial charge in [0.05, 0.1) is 27.5 Å². The zero-order valence-electron chi connectivity index (χ0n) is 15.3. The minimum Gasteiger partial charge on any atom is -0.321 e. The fraction of sp³-hybridized carbons (Fsp3) is 0.0435. The molecule has 0 spiro atoms. The third-order valence-electron chi connectivity index (χ3n) is 4.51. The highest BCUT2D eigenvalue weighted by molar-refractivity contribution is 9.10. The first-order valence-corrected chi connectivity index (χ1v) is 9.94. The molecule has 3 aromatic carbocycles. The number of anilines is 1. The predicted molar refractivity (Wildman–Crippen MR) is 118 cm³/mol. The Morgan fingerprint density at radius 3 is 2.62 bits per heavy atom. The number of carbonyl (C=O) groups is 1. The number of fused-ring (bicyclic) bond motifs is 1. The van der Waals surface area contributed by atoms with Crippen LogP contribution in [0.5, 0.6) is 0 Å². The molecule has 1 aromatic heterocycles. The standard InChI is InChI=1S/C23H14BrClFN2O/c1-13-21(23(29)27-18-11-16(25)10-17(26)12-18)19-9-15(24)7-8-20(19)28-22(13)14-5-3-2-4-6-14/h2-10,12H,1H3,(H,27,29). The minimum absolute atomic E-state index is 0.0873. The normalized spacial score (nSPS) is 10.9. The van der Waals surface area contributed by atoms with Crippen LogP contribution in [0.2, 0.25) is 5.02 Å². The van der Waals surface area contributed by atoms with Gasteiger partial charge in [-0.3, -0.25) is 4.79 Å². The molecule has 0 bridgehead atoms. The van der Waals surface area contributed by atoms with E-state index in [9.17, 15) is 9.18 Å². The Labute approximate surface area is 180 Å². The Hall–Kier alpha value is -2.76. The predicted octanol–water partition coefficient (Wildman–Crippen LogP) is 6.82. The molecule has 1 N–H and O–H groups in total. The number of hydrogen-bond donors (Lipinski definition) is 1. The molecule has 3 nitrogen and oxygen atoms in total. The fourth-order valence-corrected chi connectivity index (χ4v) is 3.82. The number of amides is 1. The number of carbonyl (C=O) groups excluding carboxylic acids is 1. The molecular weight excluding hydrogens is 455 g/mol. The number of rotatable bonds is 3. The molecule has 1 amide bonds. The van der Waals surface area contributed by atoms with Crippen molar-refractivity contribution in [1.29, 1.82) is 0 Å². The number of benzene rings is 3. The number of nitrogens with one attached hydrogen (secondary N) is 1. The average Bonchev–Trinajstić information content (AvgIpc) is 2.67. The molecule has 4 aromatic rings. The summed E-state index contributed by atoms with van der Waals surface area (Å²) in [4.78, 5) is 18.0. The Bertz CT molecular complexity index is 1220. The van der Waals surface area contributed by atoms with Crippen molar-refractivity contribution in [3.05, 3.63) is 93.2 Å². The van der Waals surface area contributed by atoms with Gasteiger partial charge in [0, 0.05) is 21.5 Å². The summed E-state index contributed by atoms with van der Waals surface area (Å²) in [5.74, 6) is -0.934. The van der Waals surface area contributed by atoms with E-state index in [4.69, 9.17) is 16.6 Å². The van der Waals surface area contributed by atoms with Crippen LogP contribution < -0.4 is 5.32 Å². The van der Waals surface area contributed by atoms with Crippen molar-refractivity contribution in [2.24, 2.45) is 0 Å². The van der Waals surface area contributed by atoms with Crippen LogP contribution in [0.4, 0.5) is 10.1 Å². The molecular formula is C23H14BrClFN2O. The lowest BCUT2D eigenvalue weighted by Gasteiger charge is -2.15. The van der Waals surface area contributed by atoms with Crippen molar-refractivity contribution >= 4 is 50.0 Å². The summed E-state index contributed by atoms with van der Waals surface area (Å²) in [7, 11) is 0. The minimum atomic E-state index is -0.548. The zero-order valence-corrected chi connectivity index (χ0v) is 17.6. The molecule has 0 aliphatic rings. The molecule has 0 fully saturated rings. The van der Waals surface area contributed by atoms with Gasteiger partial charge in [-0.1, -0.05) is 57.9 Å². The van der Waals surface area contributed by atoms with Gasteiger partial charge >= 0.3 is 0 Å². The van der Waals surface area contributed by atoms with Crippen molar-refractivity contribution in [1.82, 2.24) is 4.98 Å². The molecule has 0 saturated heterocycles. The molecule has 0 unspecified atom stereocenters. The molecule has 0 aliphatic heterocycles. The monoisotopic (exact) mass is 467 g/mol. The van der Waals surface area contributed by atoms with E-state index in [1.807, 2.05) is 55.5 Å². The lowest BCUT2D eigenvalue weighted by Crippen LogP contribution is -2.15. The van der Waals surface area contributed by atoms with E-state index >= 15 is 0 Å². The maximum atomic E-state index is 13.7. The van der Waals surface area contributed by atoms with Crippen molar-refractivity contribution in [2.75, 3.05) is 5.32 Å². The van der Waals surface area contributed by atoms with Crippen LogP contribution in [-0.4, -0.2) is 10.9 Å². The van der Waals surface area contributed by atoms with E-state index in [-0.39, 0.29) is 16.6 Å². The van der Waals surface area contributed by atoms with Crippen LogP contribution in [0, 0.1) is 18.8 Å². The van der Waals surface area contributed by atoms with Gasteiger partial charge in [0.1, 0.15) is 5.82 Å². The summed E-state index contributed by atoms with van der Waals surface area (Å²) < 4.78 is 14.5. The first-order chi connectivity index (χ1) is 13.9. The van der Waals surface area contributed by atoms with Gasteiger partial charge in [-0.2, -0.15) is 0 Å². The van der Waals surface area contributed by atoms with E-state index in [1.54, 1.807) is 0 Å². The lowest BCUT2D eigenvalue weighted by atomic mass is 9.97. The van der Waals surface area contributed by atoms with Crippen molar-refractivity contribution < 1.29 is 9.18 Å². The number of hydrogen-bond acceptors (Lipinski definition) is 2. The summed E-state index contributed by atoms with van der Waals surface area (Å²) in [5.41, 5.74) is 3.66. The SMILES string of the molecule is Cc1c(-c2ccccc2)nc2ccc(Br)cc2c1C(=O)Nc1[c]c(Cl)cc(F)c1. The summed E-state index contributed by atoms with van der Waals surface area (Å²) in [5, 5.41) is 3.49. The van der Waals surface area contributed by atoms with Gasteiger partial charge in [0.2, 0.25) is 0 Å². The molecule has 1 radical (unpaired) electrons. The van der Waals surface area contributed by atoms with E-state index in [0.29, 0.717) is 22.2 Å². The highest BCUT2D eigenvalue weighted by atomic mass is 79.9. The Kier molecular flexibility index (Phi) is 5.35. The third kappa shape index (κ3) is 4.02. The zero-order chi connectivity index (χ0) is 20.5. The highest BCUT2D eigenvalue weighted by Gasteiger charge is 2.20. The molecule has 6 heteroatoms. The first-order valence-electron chi connectivity index (χ1n) is 8.77. The summed E-state index contributed by atoms with van der Waals surface area (Å²) in [6.07, 6.45) is 0. The average molecular weight is 469 g/mol. The summed E-state index contributed by atoms with van der Waals surface area (Å²) >= 11 is 9.33. The molecule has 143 valence electrons. The maximum absolute atomic E-state index is 13.7. The second-order valence-corrected chi connectivity index (χ2v) is 7.83. The topological polar surface area (TPSA) is 42.0 Å². The second-order valence-electron chi connectivity index (χ2n) is 6.50. The second kappa shape index (κ2) is 7.93. The molecule has 29 heavy (non-hydrogen) atoms. The van der Waals surface area contributed by atoms with E-state index in [0.717, 1.165) is 21.7 Å². The smallest absolute Gasteiger partial charge is 0.256 e. The Balaban J connectivity index is 1.90. The van der Waals surface area contributed by atoms with Crippen LogP contribution in [0.1, 0.15) is 15.9 Å². The highest BCUT2D eigenvalue weighted by Crippen LogP contribution is 2.32. The van der Waals surface area contributed by atoms with Crippen molar-refractivity contribution in [3.8, 4) is 11.3 Å². The van der Waals surface area contributed by atoms with Gasteiger partial charge < -0.3 is 5.32 Å².